The van der Waals surface area contributed by atoms with E-state index in [0.717, 1.165) is 11.2 Å². The SMILES string of the molecule is O=C(c1ccc2c(c1)nnn2-c1cccnc1)N1CCC(F)(F)CC1. The number of hydrogen-bond acceptors (Lipinski definition) is 4. The van der Waals surface area contributed by atoms with Crippen molar-refractivity contribution in [2.24, 2.45) is 0 Å². The Kier molecular flexibility index (Phi) is 3.67. The molecule has 0 atom stereocenters. The lowest BCUT2D eigenvalue weighted by Gasteiger charge is -2.31. The van der Waals surface area contributed by atoms with E-state index in [1.807, 2.05) is 6.07 Å². The molecule has 0 spiro atoms. The van der Waals surface area contributed by atoms with Gasteiger partial charge in [0.15, 0.2) is 0 Å². The third-order valence-corrected chi connectivity index (χ3v) is 4.37. The predicted octanol–water partition coefficient (Wildman–Crippen LogP) is 2.69. The summed E-state index contributed by atoms with van der Waals surface area (Å²) in [4.78, 5) is 18.1. The number of hydrogen-bond donors (Lipinski definition) is 0. The first-order chi connectivity index (χ1) is 12.0. The molecule has 0 saturated carbocycles. The van der Waals surface area contributed by atoms with E-state index in [9.17, 15) is 13.6 Å². The van der Waals surface area contributed by atoms with Crippen LogP contribution in [0.25, 0.3) is 16.7 Å². The van der Waals surface area contributed by atoms with Crippen molar-refractivity contribution in [1.29, 1.82) is 0 Å². The van der Waals surface area contributed by atoms with Crippen molar-refractivity contribution in [3.63, 3.8) is 0 Å². The molecular weight excluding hydrogens is 328 g/mol. The summed E-state index contributed by atoms with van der Waals surface area (Å²) >= 11 is 0. The molecule has 0 N–H and O–H groups in total. The quantitative estimate of drug-likeness (QED) is 0.718. The minimum absolute atomic E-state index is 0.0618. The maximum atomic E-state index is 13.3. The van der Waals surface area contributed by atoms with Crippen molar-refractivity contribution in [3.8, 4) is 5.69 Å². The zero-order valence-electron chi connectivity index (χ0n) is 13.3. The highest BCUT2D eigenvalue weighted by atomic mass is 19.3. The van der Waals surface area contributed by atoms with Crippen LogP contribution >= 0.6 is 0 Å². The number of aromatic nitrogens is 4. The number of benzene rings is 1. The molecule has 0 radical (unpaired) electrons. The smallest absolute Gasteiger partial charge is 0.253 e. The van der Waals surface area contributed by atoms with Gasteiger partial charge in [-0.05, 0) is 30.3 Å². The number of piperidine rings is 1. The van der Waals surface area contributed by atoms with Crippen LogP contribution in [-0.4, -0.2) is 49.8 Å². The average Bonchev–Trinajstić information content (AvgIpc) is 3.05. The summed E-state index contributed by atoms with van der Waals surface area (Å²) in [6.07, 6.45) is 2.75. The molecule has 8 heteroatoms. The highest BCUT2D eigenvalue weighted by Crippen LogP contribution is 2.28. The number of fused-ring (bicyclic) bond motifs is 1. The molecule has 3 heterocycles. The summed E-state index contributed by atoms with van der Waals surface area (Å²) in [5.74, 6) is -2.93. The number of pyridine rings is 1. The average molecular weight is 343 g/mol. The molecule has 25 heavy (non-hydrogen) atoms. The van der Waals surface area contributed by atoms with Gasteiger partial charge in [-0.3, -0.25) is 9.78 Å². The van der Waals surface area contributed by atoms with Crippen molar-refractivity contribution in [3.05, 3.63) is 48.3 Å². The lowest BCUT2D eigenvalue weighted by molar-refractivity contribution is -0.0494. The molecule has 0 unspecified atom stereocenters. The number of carbonyl (C=O) groups excluding carboxylic acids is 1. The monoisotopic (exact) mass is 343 g/mol. The van der Waals surface area contributed by atoms with Crippen molar-refractivity contribution in [2.75, 3.05) is 13.1 Å². The van der Waals surface area contributed by atoms with Gasteiger partial charge in [-0.2, -0.15) is 0 Å². The van der Waals surface area contributed by atoms with Gasteiger partial charge in [-0.25, -0.2) is 13.5 Å². The molecule has 3 aromatic rings. The zero-order valence-corrected chi connectivity index (χ0v) is 13.3. The van der Waals surface area contributed by atoms with E-state index in [-0.39, 0.29) is 31.8 Å². The van der Waals surface area contributed by atoms with Crippen molar-refractivity contribution >= 4 is 16.9 Å². The second-order valence-electron chi connectivity index (χ2n) is 6.06. The molecule has 0 bridgehead atoms. The summed E-state index contributed by atoms with van der Waals surface area (Å²) < 4.78 is 28.1. The molecule has 6 nitrogen and oxygen atoms in total. The van der Waals surface area contributed by atoms with Crippen LogP contribution in [0.4, 0.5) is 8.78 Å². The first-order valence-corrected chi connectivity index (χ1v) is 7.96. The Morgan fingerprint density at radius 1 is 1.16 bits per heavy atom. The van der Waals surface area contributed by atoms with Crippen LogP contribution < -0.4 is 0 Å². The fourth-order valence-corrected chi connectivity index (χ4v) is 2.95. The van der Waals surface area contributed by atoms with Gasteiger partial charge >= 0.3 is 0 Å². The first-order valence-electron chi connectivity index (χ1n) is 7.96. The Bertz CT molecular complexity index is 915. The van der Waals surface area contributed by atoms with Gasteiger partial charge in [0.1, 0.15) is 5.52 Å². The second-order valence-corrected chi connectivity index (χ2v) is 6.06. The number of alkyl halides is 2. The highest BCUT2D eigenvalue weighted by molar-refractivity contribution is 5.97. The Labute approximate surface area is 142 Å². The fraction of sp³-hybridized carbons (Fsp3) is 0.294. The molecule has 1 fully saturated rings. The maximum absolute atomic E-state index is 13.3. The summed E-state index contributed by atoms with van der Waals surface area (Å²) in [6, 6.07) is 8.73. The second kappa shape index (κ2) is 5.87. The number of carbonyl (C=O) groups is 1. The molecule has 2 aromatic heterocycles. The largest absolute Gasteiger partial charge is 0.338 e. The summed E-state index contributed by atoms with van der Waals surface area (Å²) in [5, 5.41) is 8.20. The van der Waals surface area contributed by atoms with Crippen LogP contribution in [0.3, 0.4) is 0 Å². The molecule has 4 rings (SSSR count). The van der Waals surface area contributed by atoms with Crippen LogP contribution in [0.2, 0.25) is 0 Å². The third kappa shape index (κ3) is 2.95. The Morgan fingerprint density at radius 3 is 2.68 bits per heavy atom. The van der Waals surface area contributed by atoms with E-state index in [2.05, 4.69) is 15.3 Å². The summed E-state index contributed by atoms with van der Waals surface area (Å²) in [7, 11) is 0. The maximum Gasteiger partial charge on any atom is 0.253 e. The minimum atomic E-state index is -2.67. The third-order valence-electron chi connectivity index (χ3n) is 4.37. The number of halogens is 2. The summed E-state index contributed by atoms with van der Waals surface area (Å²) in [6.45, 7) is 0.124. The lowest BCUT2D eigenvalue weighted by Crippen LogP contribution is -2.42. The van der Waals surface area contributed by atoms with Gasteiger partial charge < -0.3 is 4.90 Å². The van der Waals surface area contributed by atoms with E-state index < -0.39 is 5.92 Å². The van der Waals surface area contributed by atoms with Crippen LogP contribution in [0, 0.1) is 0 Å². The van der Waals surface area contributed by atoms with E-state index >= 15 is 0 Å². The standard InChI is InChI=1S/C17H15F2N5O/c18-17(19)5-8-23(9-6-17)16(25)12-3-4-15-14(10-12)21-22-24(15)13-2-1-7-20-11-13/h1-4,7,10-11H,5-6,8-9H2. The van der Waals surface area contributed by atoms with Gasteiger partial charge in [0.2, 0.25) is 0 Å². The Hall–Kier alpha value is -2.90. The van der Waals surface area contributed by atoms with Crippen LogP contribution in [0.5, 0.6) is 0 Å². The zero-order chi connectivity index (χ0) is 17.4. The Balaban J connectivity index is 1.61. The number of rotatable bonds is 2. The molecule has 128 valence electrons. The molecule has 0 aliphatic carbocycles. The van der Waals surface area contributed by atoms with Gasteiger partial charge in [0.25, 0.3) is 11.8 Å². The van der Waals surface area contributed by atoms with E-state index in [4.69, 9.17) is 0 Å². The molecule has 1 amide bonds. The molecule has 1 aromatic carbocycles. The molecule has 1 saturated heterocycles. The van der Waals surface area contributed by atoms with Gasteiger partial charge in [-0.1, -0.05) is 5.21 Å². The molecular formula is C17H15F2N5O. The van der Waals surface area contributed by atoms with Gasteiger partial charge in [0.05, 0.1) is 17.4 Å². The normalized spacial score (nSPS) is 17.0. The fourth-order valence-electron chi connectivity index (χ4n) is 2.95. The van der Waals surface area contributed by atoms with E-state index in [0.29, 0.717) is 11.1 Å². The van der Waals surface area contributed by atoms with Crippen LogP contribution in [0.1, 0.15) is 23.2 Å². The van der Waals surface area contributed by atoms with Crippen molar-refractivity contribution in [2.45, 2.75) is 18.8 Å². The lowest BCUT2D eigenvalue weighted by atomic mass is 10.1. The minimum Gasteiger partial charge on any atom is -0.338 e. The molecule has 1 aliphatic rings. The number of nitrogens with zero attached hydrogens (tertiary/aromatic N) is 5. The number of amides is 1. The predicted molar refractivity (Wildman–Crippen MR) is 86.7 cm³/mol. The number of likely N-dealkylation sites (tertiary alicyclic amines) is 1. The van der Waals surface area contributed by atoms with Crippen LogP contribution in [-0.2, 0) is 0 Å². The summed E-state index contributed by atoms with van der Waals surface area (Å²) in [5.41, 5.74) is 2.50. The van der Waals surface area contributed by atoms with Gasteiger partial charge in [0, 0.05) is 37.7 Å². The van der Waals surface area contributed by atoms with Crippen LogP contribution in [0.15, 0.2) is 42.7 Å². The Morgan fingerprint density at radius 2 is 1.96 bits per heavy atom. The van der Waals surface area contributed by atoms with Crippen molar-refractivity contribution < 1.29 is 13.6 Å². The molecule has 1 aliphatic heterocycles. The van der Waals surface area contributed by atoms with Crippen molar-refractivity contribution in [1.82, 2.24) is 24.9 Å². The topological polar surface area (TPSA) is 63.9 Å². The van der Waals surface area contributed by atoms with Gasteiger partial charge in [-0.15, -0.1) is 5.10 Å². The van der Waals surface area contributed by atoms with E-state index in [1.54, 1.807) is 41.3 Å². The first kappa shape index (κ1) is 15.6. The van der Waals surface area contributed by atoms with E-state index in [1.165, 1.54) is 4.90 Å². The highest BCUT2D eigenvalue weighted by Gasteiger charge is 2.35.